The fraction of sp³-hybridized carbons (Fsp3) is 0.467. The van der Waals surface area contributed by atoms with E-state index in [0.29, 0.717) is 5.75 Å². The van der Waals surface area contributed by atoms with E-state index in [1.807, 2.05) is 18.2 Å². The van der Waals surface area contributed by atoms with Gasteiger partial charge in [-0.05, 0) is 12.5 Å². The molecule has 1 atom stereocenters. The minimum absolute atomic E-state index is 0. The third kappa shape index (κ3) is 4.78. The summed E-state index contributed by atoms with van der Waals surface area (Å²) in [5, 5.41) is 13.7. The molecule has 1 heterocycles. The minimum atomic E-state index is 0. The highest BCUT2D eigenvalue weighted by Gasteiger charge is 2.24. The first-order valence-electron chi connectivity index (χ1n) is 6.69. The van der Waals surface area contributed by atoms with Crippen LogP contribution in [0.4, 0.5) is 0 Å². The Hall–Kier alpha value is -0.940. The van der Waals surface area contributed by atoms with Gasteiger partial charge in [-0.15, -0.1) is 31.4 Å². The molecule has 0 aliphatic carbocycles. The van der Waals surface area contributed by atoms with Crippen LogP contribution in [-0.2, 0) is 0 Å². The van der Waals surface area contributed by atoms with Crippen molar-refractivity contribution in [2.45, 2.75) is 12.5 Å². The molecule has 21 heavy (non-hydrogen) atoms. The first-order valence-corrected chi connectivity index (χ1v) is 6.69. The number of hydrogen-bond donors (Lipinski definition) is 2. The summed E-state index contributed by atoms with van der Waals surface area (Å²) in [5.41, 5.74) is 0.918. The number of aromatic hydroxyl groups is 1. The van der Waals surface area contributed by atoms with E-state index in [1.165, 1.54) is 0 Å². The Bertz CT molecular complexity index is 438. The highest BCUT2D eigenvalue weighted by atomic mass is 35.5. The average molecular weight is 335 g/mol. The van der Waals surface area contributed by atoms with E-state index in [-0.39, 0.29) is 36.6 Å². The molecule has 1 aromatic carbocycles. The molecule has 1 saturated heterocycles. The SMILES string of the molecule is C=CC[C@@H](c1cccc(OC)c1O)N1CCNCC1.Cl.Cl. The van der Waals surface area contributed by atoms with Gasteiger partial charge in [0.2, 0.25) is 0 Å². The molecule has 0 radical (unpaired) electrons. The molecule has 1 aromatic rings. The fourth-order valence-electron chi connectivity index (χ4n) is 2.60. The summed E-state index contributed by atoms with van der Waals surface area (Å²) < 4.78 is 5.19. The monoisotopic (exact) mass is 334 g/mol. The van der Waals surface area contributed by atoms with Crippen LogP contribution in [0.3, 0.4) is 0 Å². The van der Waals surface area contributed by atoms with Crippen molar-refractivity contribution < 1.29 is 9.84 Å². The van der Waals surface area contributed by atoms with Gasteiger partial charge in [-0.1, -0.05) is 18.2 Å². The number of halogens is 2. The van der Waals surface area contributed by atoms with Gasteiger partial charge < -0.3 is 15.2 Å². The van der Waals surface area contributed by atoms with E-state index in [0.717, 1.165) is 38.2 Å². The van der Waals surface area contributed by atoms with Crippen LogP contribution in [0.2, 0.25) is 0 Å². The maximum atomic E-state index is 10.3. The predicted octanol–water partition coefficient (Wildman–Crippen LogP) is 2.77. The quantitative estimate of drug-likeness (QED) is 0.813. The van der Waals surface area contributed by atoms with Gasteiger partial charge >= 0.3 is 0 Å². The van der Waals surface area contributed by atoms with Crippen molar-refractivity contribution in [1.82, 2.24) is 10.2 Å². The fourth-order valence-corrected chi connectivity index (χ4v) is 2.60. The van der Waals surface area contributed by atoms with Crippen LogP contribution in [0.15, 0.2) is 30.9 Å². The van der Waals surface area contributed by atoms with Gasteiger partial charge in [-0.3, -0.25) is 4.90 Å². The van der Waals surface area contributed by atoms with Crippen molar-refractivity contribution in [3.05, 3.63) is 36.4 Å². The van der Waals surface area contributed by atoms with Crippen LogP contribution in [0.5, 0.6) is 11.5 Å². The Labute approximate surface area is 139 Å². The van der Waals surface area contributed by atoms with Crippen molar-refractivity contribution in [3.63, 3.8) is 0 Å². The zero-order valence-corrected chi connectivity index (χ0v) is 13.9. The van der Waals surface area contributed by atoms with Gasteiger partial charge in [0.05, 0.1) is 7.11 Å². The second-order valence-corrected chi connectivity index (χ2v) is 4.72. The number of nitrogens with one attached hydrogen (secondary N) is 1. The molecule has 1 aliphatic rings. The van der Waals surface area contributed by atoms with Crippen LogP contribution in [0.1, 0.15) is 18.0 Å². The maximum absolute atomic E-state index is 10.3. The maximum Gasteiger partial charge on any atom is 0.162 e. The van der Waals surface area contributed by atoms with Crippen LogP contribution < -0.4 is 10.1 Å². The lowest BCUT2D eigenvalue weighted by molar-refractivity contribution is 0.171. The Morgan fingerprint density at radius 1 is 1.38 bits per heavy atom. The van der Waals surface area contributed by atoms with Crippen LogP contribution in [-0.4, -0.2) is 43.3 Å². The number of para-hydroxylation sites is 1. The first kappa shape index (κ1) is 20.1. The Kier molecular flexibility index (Phi) is 9.46. The molecule has 1 aliphatic heterocycles. The molecule has 0 unspecified atom stereocenters. The van der Waals surface area contributed by atoms with E-state index in [4.69, 9.17) is 4.74 Å². The van der Waals surface area contributed by atoms with Crippen molar-refractivity contribution in [2.24, 2.45) is 0 Å². The molecule has 6 heteroatoms. The first-order chi connectivity index (χ1) is 9.27. The summed E-state index contributed by atoms with van der Waals surface area (Å²) in [6.07, 6.45) is 2.73. The van der Waals surface area contributed by atoms with Gasteiger partial charge in [0.1, 0.15) is 0 Å². The van der Waals surface area contributed by atoms with Gasteiger partial charge in [0.25, 0.3) is 0 Å². The third-order valence-electron chi connectivity index (χ3n) is 3.59. The molecule has 2 rings (SSSR count). The molecule has 0 aromatic heterocycles. The standard InChI is InChI=1S/C15H22N2O2.2ClH/c1-3-5-13(17-10-8-16-9-11-17)12-6-4-7-14(19-2)15(12)18;;/h3-4,6-7,13,16,18H,1,5,8-11H2,2H3;2*1H/t13-;;/m0../s1. The molecular formula is C15H24Cl2N2O2. The zero-order valence-electron chi connectivity index (χ0n) is 12.2. The number of methoxy groups -OCH3 is 1. The number of hydrogen-bond acceptors (Lipinski definition) is 4. The largest absolute Gasteiger partial charge is 0.504 e. The van der Waals surface area contributed by atoms with E-state index >= 15 is 0 Å². The lowest BCUT2D eigenvalue weighted by Gasteiger charge is -2.35. The highest BCUT2D eigenvalue weighted by molar-refractivity contribution is 5.85. The summed E-state index contributed by atoms with van der Waals surface area (Å²) in [4.78, 5) is 2.38. The number of nitrogens with zero attached hydrogens (tertiary/aromatic N) is 1. The van der Waals surface area contributed by atoms with Crippen LogP contribution >= 0.6 is 24.8 Å². The Morgan fingerprint density at radius 3 is 2.62 bits per heavy atom. The van der Waals surface area contributed by atoms with E-state index in [1.54, 1.807) is 13.2 Å². The Balaban J connectivity index is 0.00000200. The van der Waals surface area contributed by atoms with E-state index in [2.05, 4.69) is 16.8 Å². The number of benzene rings is 1. The number of ether oxygens (including phenoxy) is 1. The van der Waals surface area contributed by atoms with E-state index in [9.17, 15) is 5.11 Å². The number of piperazine rings is 1. The average Bonchev–Trinajstić information content (AvgIpc) is 2.46. The molecular weight excluding hydrogens is 311 g/mol. The van der Waals surface area contributed by atoms with Crippen LogP contribution in [0.25, 0.3) is 0 Å². The molecule has 0 amide bonds. The predicted molar refractivity (Wildman–Crippen MR) is 91.2 cm³/mol. The van der Waals surface area contributed by atoms with Gasteiger partial charge in [-0.25, -0.2) is 0 Å². The summed E-state index contributed by atoms with van der Waals surface area (Å²) in [5.74, 6) is 0.775. The lowest BCUT2D eigenvalue weighted by Crippen LogP contribution is -2.45. The third-order valence-corrected chi connectivity index (χ3v) is 3.59. The normalized spacial score (nSPS) is 16.2. The van der Waals surface area contributed by atoms with E-state index < -0.39 is 0 Å². The molecule has 0 saturated carbocycles. The van der Waals surface area contributed by atoms with Gasteiger partial charge in [-0.2, -0.15) is 0 Å². The molecule has 0 spiro atoms. The molecule has 2 N–H and O–H groups in total. The van der Waals surface area contributed by atoms with Gasteiger partial charge in [0.15, 0.2) is 11.5 Å². The molecule has 1 fully saturated rings. The smallest absolute Gasteiger partial charge is 0.162 e. The van der Waals surface area contributed by atoms with Gasteiger partial charge in [0, 0.05) is 37.8 Å². The number of rotatable bonds is 5. The lowest BCUT2D eigenvalue weighted by atomic mass is 9.99. The number of phenolic OH excluding ortho intramolecular Hbond substituents is 1. The molecule has 0 bridgehead atoms. The second-order valence-electron chi connectivity index (χ2n) is 4.72. The molecule has 120 valence electrons. The zero-order chi connectivity index (χ0) is 13.7. The summed E-state index contributed by atoms with van der Waals surface area (Å²) in [7, 11) is 1.58. The highest BCUT2D eigenvalue weighted by Crippen LogP contribution is 2.37. The van der Waals surface area contributed by atoms with Crippen molar-refractivity contribution in [1.29, 1.82) is 0 Å². The van der Waals surface area contributed by atoms with Crippen molar-refractivity contribution in [3.8, 4) is 11.5 Å². The summed E-state index contributed by atoms with van der Waals surface area (Å²) in [6.45, 7) is 7.77. The second kappa shape index (κ2) is 9.90. The summed E-state index contributed by atoms with van der Waals surface area (Å²) in [6, 6.07) is 5.83. The summed E-state index contributed by atoms with van der Waals surface area (Å²) >= 11 is 0. The number of phenols is 1. The molecule has 4 nitrogen and oxygen atoms in total. The topological polar surface area (TPSA) is 44.7 Å². The van der Waals surface area contributed by atoms with Crippen molar-refractivity contribution >= 4 is 24.8 Å². The van der Waals surface area contributed by atoms with Crippen molar-refractivity contribution in [2.75, 3.05) is 33.3 Å². The Morgan fingerprint density at radius 2 is 2.05 bits per heavy atom. The van der Waals surface area contributed by atoms with Crippen LogP contribution in [0, 0.1) is 0 Å². The minimum Gasteiger partial charge on any atom is -0.504 e.